The number of benzene rings is 1. The molecule has 1 amide bonds. The van der Waals surface area contributed by atoms with Crippen LogP contribution in [0.25, 0.3) is 11.3 Å². The maximum Gasteiger partial charge on any atom is 0.258 e. The molecule has 3 aromatic rings. The van der Waals surface area contributed by atoms with Gasteiger partial charge in [0.15, 0.2) is 0 Å². The third kappa shape index (κ3) is 4.57. The van der Waals surface area contributed by atoms with Gasteiger partial charge in [0.1, 0.15) is 18.0 Å². The molecule has 2 aromatic heterocycles. The van der Waals surface area contributed by atoms with E-state index in [-0.39, 0.29) is 30.8 Å². The molecule has 0 bridgehead atoms. The van der Waals surface area contributed by atoms with Crippen LogP contribution in [0.4, 0.5) is 4.39 Å². The number of ether oxygens (including phenoxy) is 2. The molecule has 0 aliphatic rings. The molecule has 2 heterocycles. The number of amides is 1. The summed E-state index contributed by atoms with van der Waals surface area (Å²) in [5, 5.41) is 14.8. The molecular formula is C18H18FN5O3. The van der Waals surface area contributed by atoms with E-state index in [0.717, 1.165) is 5.56 Å². The van der Waals surface area contributed by atoms with Gasteiger partial charge in [0.05, 0.1) is 19.3 Å². The fourth-order valence-electron chi connectivity index (χ4n) is 2.36. The molecule has 8 nitrogen and oxygen atoms in total. The molecule has 9 heteroatoms. The molecule has 140 valence electrons. The molecule has 0 unspecified atom stereocenters. The van der Waals surface area contributed by atoms with Crippen molar-refractivity contribution < 1.29 is 18.7 Å². The van der Waals surface area contributed by atoms with Crippen molar-refractivity contribution >= 4 is 5.91 Å². The van der Waals surface area contributed by atoms with Crippen LogP contribution < -0.4 is 14.8 Å². The highest BCUT2D eigenvalue weighted by Crippen LogP contribution is 2.18. The Kier molecular flexibility index (Phi) is 5.60. The Balaban J connectivity index is 1.49. The van der Waals surface area contributed by atoms with Crippen LogP contribution >= 0.6 is 0 Å². The number of aromatic nitrogens is 4. The predicted molar refractivity (Wildman–Crippen MR) is 95.0 cm³/mol. The minimum Gasteiger partial charge on any atom is -0.479 e. The lowest BCUT2D eigenvalue weighted by molar-refractivity contribution is 0.0943. The van der Waals surface area contributed by atoms with Gasteiger partial charge in [0.25, 0.3) is 5.91 Å². The molecule has 0 radical (unpaired) electrons. The van der Waals surface area contributed by atoms with Gasteiger partial charge < -0.3 is 14.8 Å². The van der Waals surface area contributed by atoms with Crippen LogP contribution in [0.2, 0.25) is 0 Å². The first-order chi connectivity index (χ1) is 13.1. The van der Waals surface area contributed by atoms with E-state index in [1.165, 1.54) is 23.9 Å². The molecule has 0 spiro atoms. The number of aryl methyl sites for hydroxylation is 1. The second kappa shape index (κ2) is 8.26. The van der Waals surface area contributed by atoms with Crippen molar-refractivity contribution in [1.82, 2.24) is 25.3 Å². The van der Waals surface area contributed by atoms with Crippen molar-refractivity contribution in [1.29, 1.82) is 0 Å². The van der Waals surface area contributed by atoms with Gasteiger partial charge in [0.2, 0.25) is 11.8 Å². The predicted octanol–water partition coefficient (Wildman–Crippen LogP) is 1.83. The Bertz CT molecular complexity index is 910. The minimum atomic E-state index is -0.308. The summed E-state index contributed by atoms with van der Waals surface area (Å²) in [5.41, 5.74) is 1.72. The lowest BCUT2D eigenvalue weighted by atomic mass is 10.1. The number of hydrogen-bond donors (Lipinski definition) is 1. The molecule has 0 saturated carbocycles. The van der Waals surface area contributed by atoms with Gasteiger partial charge in [-0.1, -0.05) is 0 Å². The molecule has 3 rings (SSSR count). The molecule has 27 heavy (non-hydrogen) atoms. The van der Waals surface area contributed by atoms with E-state index >= 15 is 0 Å². The Morgan fingerprint density at radius 1 is 1.19 bits per heavy atom. The van der Waals surface area contributed by atoms with Gasteiger partial charge in [-0.15, -0.1) is 15.3 Å². The number of hydrogen-bond acceptors (Lipinski definition) is 6. The smallest absolute Gasteiger partial charge is 0.258 e. The van der Waals surface area contributed by atoms with E-state index in [1.54, 1.807) is 37.5 Å². The van der Waals surface area contributed by atoms with Crippen LogP contribution in [0.1, 0.15) is 10.4 Å². The second-order valence-corrected chi connectivity index (χ2v) is 5.59. The van der Waals surface area contributed by atoms with Crippen LogP contribution in [0.3, 0.4) is 0 Å². The fraction of sp³-hybridized carbons (Fsp3) is 0.222. The highest BCUT2D eigenvalue weighted by Gasteiger charge is 2.15. The van der Waals surface area contributed by atoms with Gasteiger partial charge in [-0.3, -0.25) is 9.48 Å². The lowest BCUT2D eigenvalue weighted by Gasteiger charge is -2.07. The number of halogens is 1. The van der Waals surface area contributed by atoms with Crippen molar-refractivity contribution in [2.24, 2.45) is 7.05 Å². The zero-order chi connectivity index (χ0) is 19.2. The average Bonchev–Trinajstić information content (AvgIpc) is 3.07. The number of nitrogens with one attached hydrogen (secondary N) is 1. The van der Waals surface area contributed by atoms with Crippen molar-refractivity contribution in [3.05, 3.63) is 54.0 Å². The summed E-state index contributed by atoms with van der Waals surface area (Å²) >= 11 is 0. The zero-order valence-electron chi connectivity index (χ0n) is 14.8. The quantitative estimate of drug-likeness (QED) is 0.637. The van der Waals surface area contributed by atoms with Crippen LogP contribution in [0, 0.1) is 5.82 Å². The van der Waals surface area contributed by atoms with Crippen LogP contribution in [0.15, 0.2) is 42.6 Å². The Morgan fingerprint density at radius 2 is 1.96 bits per heavy atom. The number of nitrogens with zero attached hydrogens (tertiary/aromatic N) is 4. The molecule has 0 atom stereocenters. The fourth-order valence-corrected chi connectivity index (χ4v) is 2.36. The van der Waals surface area contributed by atoms with Gasteiger partial charge in [-0.25, -0.2) is 4.39 Å². The molecule has 0 aliphatic carbocycles. The Morgan fingerprint density at radius 3 is 2.63 bits per heavy atom. The monoisotopic (exact) mass is 371 g/mol. The molecule has 0 aliphatic heterocycles. The van der Waals surface area contributed by atoms with Crippen LogP contribution in [0.5, 0.6) is 11.8 Å². The molecule has 1 aromatic carbocycles. The number of methoxy groups -OCH3 is 1. The Labute approximate surface area is 154 Å². The van der Waals surface area contributed by atoms with Crippen LogP contribution in [-0.4, -0.2) is 46.1 Å². The standard InChI is InChI=1S/C18H18FN5O3/c1-24-11-14(18(23-24)26-2)17(25)20-9-10-27-16-8-7-15(21-22-16)12-3-5-13(19)6-4-12/h3-8,11H,9-10H2,1-2H3,(H,20,25). The summed E-state index contributed by atoms with van der Waals surface area (Å²) in [6, 6.07) is 9.37. The van der Waals surface area contributed by atoms with Gasteiger partial charge >= 0.3 is 0 Å². The maximum atomic E-state index is 13.0. The van der Waals surface area contributed by atoms with E-state index in [0.29, 0.717) is 17.1 Å². The molecule has 0 saturated heterocycles. The lowest BCUT2D eigenvalue weighted by Crippen LogP contribution is -2.28. The number of carbonyl (C=O) groups is 1. The van der Waals surface area contributed by atoms with E-state index in [2.05, 4.69) is 20.6 Å². The number of carbonyl (C=O) groups excluding carboxylic acids is 1. The summed E-state index contributed by atoms with van der Waals surface area (Å²) in [6.07, 6.45) is 1.58. The molecule has 1 N–H and O–H groups in total. The van der Waals surface area contributed by atoms with E-state index in [9.17, 15) is 9.18 Å². The van der Waals surface area contributed by atoms with Crippen LogP contribution in [-0.2, 0) is 7.05 Å². The van der Waals surface area contributed by atoms with Gasteiger partial charge in [0, 0.05) is 24.9 Å². The normalized spacial score (nSPS) is 10.5. The first-order valence-corrected chi connectivity index (χ1v) is 8.15. The molecular weight excluding hydrogens is 353 g/mol. The topological polar surface area (TPSA) is 91.2 Å². The molecule has 0 fully saturated rings. The zero-order valence-corrected chi connectivity index (χ0v) is 14.8. The Hall–Kier alpha value is -3.49. The van der Waals surface area contributed by atoms with E-state index in [4.69, 9.17) is 9.47 Å². The second-order valence-electron chi connectivity index (χ2n) is 5.59. The van der Waals surface area contributed by atoms with E-state index < -0.39 is 0 Å². The summed E-state index contributed by atoms with van der Waals surface area (Å²) in [7, 11) is 3.16. The third-order valence-electron chi connectivity index (χ3n) is 3.65. The maximum absolute atomic E-state index is 13.0. The summed E-state index contributed by atoms with van der Waals surface area (Å²) in [6.45, 7) is 0.497. The largest absolute Gasteiger partial charge is 0.479 e. The van der Waals surface area contributed by atoms with Crippen molar-refractivity contribution in [2.45, 2.75) is 0 Å². The van der Waals surface area contributed by atoms with E-state index in [1.807, 2.05) is 0 Å². The minimum absolute atomic E-state index is 0.221. The van der Waals surface area contributed by atoms with Gasteiger partial charge in [-0.2, -0.15) is 0 Å². The highest BCUT2D eigenvalue weighted by atomic mass is 19.1. The number of rotatable bonds is 7. The third-order valence-corrected chi connectivity index (χ3v) is 3.65. The average molecular weight is 371 g/mol. The summed E-state index contributed by atoms with van der Waals surface area (Å²) in [4.78, 5) is 12.1. The van der Waals surface area contributed by atoms with Crippen molar-refractivity contribution in [2.75, 3.05) is 20.3 Å². The first kappa shape index (κ1) is 18.3. The summed E-state index contributed by atoms with van der Waals surface area (Å²) in [5.74, 6) is -0.0221. The summed E-state index contributed by atoms with van der Waals surface area (Å²) < 4.78 is 25.0. The first-order valence-electron chi connectivity index (χ1n) is 8.15. The SMILES string of the molecule is COc1nn(C)cc1C(=O)NCCOc1ccc(-c2ccc(F)cc2)nn1. The van der Waals surface area contributed by atoms with Gasteiger partial charge in [-0.05, 0) is 30.3 Å². The highest BCUT2D eigenvalue weighted by molar-refractivity contribution is 5.96. The van der Waals surface area contributed by atoms with Crippen molar-refractivity contribution in [3.8, 4) is 23.0 Å². The van der Waals surface area contributed by atoms with Crippen molar-refractivity contribution in [3.63, 3.8) is 0 Å².